The number of dihydropyridines is 1. The smallest absolute Gasteiger partial charge is 0.278 e. The number of benzene rings is 1. The number of rotatable bonds is 7. The van der Waals surface area contributed by atoms with Crippen molar-refractivity contribution in [1.29, 1.82) is 0 Å². The minimum absolute atomic E-state index is 0.115. The summed E-state index contributed by atoms with van der Waals surface area (Å²) in [4.78, 5) is 30.3. The van der Waals surface area contributed by atoms with Gasteiger partial charge in [0.25, 0.3) is 5.56 Å². The number of aromatic nitrogens is 4. The first-order chi connectivity index (χ1) is 18.6. The molecule has 4 heterocycles. The van der Waals surface area contributed by atoms with Crippen LogP contribution in [0.3, 0.4) is 0 Å². The molecule has 0 amide bonds. The number of hydrogen-bond donors (Lipinski definition) is 2. The van der Waals surface area contributed by atoms with Gasteiger partial charge in [0.15, 0.2) is 5.65 Å². The molecule has 198 valence electrons. The van der Waals surface area contributed by atoms with Crippen molar-refractivity contribution < 1.29 is 0 Å². The average molecular weight is 513 g/mol. The van der Waals surface area contributed by atoms with Crippen molar-refractivity contribution in [2.75, 3.05) is 36.4 Å². The molecular weight excluding hydrogens is 476 g/mol. The third-order valence-electron chi connectivity index (χ3n) is 8.04. The van der Waals surface area contributed by atoms with Crippen LogP contribution >= 0.6 is 0 Å². The SMILES string of the molecule is C=CCn1c(=O)c2cnc(Nc3ccc(N4CCNCC4)c(C)c3)nc2n1C1CC=C2CCC(CC)C2=N1. The first-order valence-electron chi connectivity index (χ1n) is 13.8. The molecule has 0 spiro atoms. The molecule has 2 N–H and O–H groups in total. The summed E-state index contributed by atoms with van der Waals surface area (Å²) in [6.45, 7) is 12.6. The van der Waals surface area contributed by atoms with E-state index in [-0.39, 0.29) is 11.7 Å². The summed E-state index contributed by atoms with van der Waals surface area (Å²) in [5, 5.41) is 7.27. The quantitative estimate of drug-likeness (QED) is 0.458. The highest BCUT2D eigenvalue weighted by molar-refractivity contribution is 6.04. The molecule has 2 atom stereocenters. The molecule has 2 fully saturated rings. The Morgan fingerprint density at radius 1 is 1.26 bits per heavy atom. The van der Waals surface area contributed by atoms with Crippen LogP contribution in [-0.2, 0) is 6.54 Å². The number of allylic oxidation sites excluding steroid dienone is 2. The fourth-order valence-electron chi connectivity index (χ4n) is 6.09. The van der Waals surface area contributed by atoms with E-state index in [1.807, 2.05) is 4.68 Å². The third-order valence-corrected chi connectivity index (χ3v) is 8.04. The van der Waals surface area contributed by atoms with Gasteiger partial charge in [-0.1, -0.05) is 19.1 Å². The molecule has 1 aliphatic carbocycles. The van der Waals surface area contributed by atoms with Gasteiger partial charge in [-0.15, -0.1) is 6.58 Å². The lowest BCUT2D eigenvalue weighted by molar-refractivity contribution is 0.398. The van der Waals surface area contributed by atoms with Crippen LogP contribution in [0.5, 0.6) is 0 Å². The zero-order valence-electron chi connectivity index (χ0n) is 22.3. The first-order valence-corrected chi connectivity index (χ1v) is 13.8. The van der Waals surface area contributed by atoms with Crippen molar-refractivity contribution >= 4 is 34.1 Å². The maximum absolute atomic E-state index is 13.4. The summed E-state index contributed by atoms with van der Waals surface area (Å²) in [7, 11) is 0. The Kier molecular flexibility index (Phi) is 6.61. The Bertz CT molecular complexity index is 1490. The second kappa shape index (κ2) is 10.2. The second-order valence-corrected chi connectivity index (χ2v) is 10.4. The van der Waals surface area contributed by atoms with Gasteiger partial charge in [-0.05, 0) is 55.5 Å². The predicted octanol–water partition coefficient (Wildman–Crippen LogP) is 4.33. The van der Waals surface area contributed by atoms with Crippen molar-refractivity contribution in [3.63, 3.8) is 0 Å². The van der Waals surface area contributed by atoms with Crippen molar-refractivity contribution in [2.24, 2.45) is 10.9 Å². The Labute approximate surface area is 223 Å². The number of aliphatic imine (C=N–C) groups is 1. The lowest BCUT2D eigenvalue weighted by atomic mass is 10.00. The van der Waals surface area contributed by atoms with Crippen LogP contribution in [0.4, 0.5) is 17.3 Å². The molecule has 2 unspecified atom stereocenters. The van der Waals surface area contributed by atoms with Crippen molar-refractivity contribution in [3.05, 3.63) is 64.6 Å². The number of aryl methyl sites for hydroxylation is 1. The van der Waals surface area contributed by atoms with Gasteiger partial charge in [0.2, 0.25) is 5.95 Å². The molecule has 1 saturated carbocycles. The van der Waals surface area contributed by atoms with Gasteiger partial charge in [-0.2, -0.15) is 4.98 Å². The molecule has 9 nitrogen and oxygen atoms in total. The molecule has 2 aliphatic heterocycles. The molecule has 9 heteroatoms. The number of nitrogens with one attached hydrogen (secondary N) is 2. The summed E-state index contributed by atoms with van der Waals surface area (Å²) in [5.74, 6) is 0.952. The van der Waals surface area contributed by atoms with Gasteiger partial charge in [-0.25, -0.2) is 14.3 Å². The van der Waals surface area contributed by atoms with E-state index in [4.69, 9.17) is 9.98 Å². The van der Waals surface area contributed by atoms with Crippen LogP contribution in [0.2, 0.25) is 0 Å². The average Bonchev–Trinajstić information content (AvgIpc) is 3.47. The summed E-state index contributed by atoms with van der Waals surface area (Å²) in [5.41, 5.74) is 6.44. The van der Waals surface area contributed by atoms with E-state index < -0.39 is 0 Å². The van der Waals surface area contributed by atoms with Crippen molar-refractivity contribution in [3.8, 4) is 0 Å². The van der Waals surface area contributed by atoms with Gasteiger partial charge in [0, 0.05) is 61.8 Å². The van der Waals surface area contributed by atoms with Crippen LogP contribution in [0.25, 0.3) is 11.0 Å². The van der Waals surface area contributed by atoms with E-state index in [0.717, 1.165) is 57.5 Å². The Hall–Kier alpha value is -3.72. The van der Waals surface area contributed by atoms with Crippen LogP contribution in [0, 0.1) is 12.8 Å². The second-order valence-electron chi connectivity index (χ2n) is 10.4. The molecule has 1 saturated heterocycles. The largest absolute Gasteiger partial charge is 0.369 e. The third kappa shape index (κ3) is 4.34. The highest BCUT2D eigenvalue weighted by Crippen LogP contribution is 2.37. The highest BCUT2D eigenvalue weighted by Gasteiger charge is 2.31. The maximum Gasteiger partial charge on any atom is 0.278 e. The number of hydrogen-bond acceptors (Lipinski definition) is 7. The first kappa shape index (κ1) is 24.6. The molecule has 3 aliphatic rings. The monoisotopic (exact) mass is 512 g/mol. The summed E-state index contributed by atoms with van der Waals surface area (Å²) in [6.07, 6.45) is 9.55. The lowest BCUT2D eigenvalue weighted by Crippen LogP contribution is -2.43. The molecule has 1 aromatic carbocycles. The fraction of sp³-hybridized carbons (Fsp3) is 0.448. The van der Waals surface area contributed by atoms with E-state index in [0.29, 0.717) is 29.4 Å². The maximum atomic E-state index is 13.4. The highest BCUT2D eigenvalue weighted by atomic mass is 16.1. The Morgan fingerprint density at radius 2 is 2.11 bits per heavy atom. The van der Waals surface area contributed by atoms with Crippen LogP contribution in [0.15, 0.2) is 58.5 Å². The van der Waals surface area contributed by atoms with Gasteiger partial charge in [0.05, 0.1) is 6.54 Å². The standard InChI is InChI=1S/C29H36N8O/c1-4-14-36-28(38)23-18-31-29(32-22-9-10-24(19(3)17-22)35-15-12-30-13-16-35)34-27(23)37(36)25-11-8-21-7-6-20(5-2)26(21)33-25/h4,8-10,17-18,20,25,30H,1,5-7,11-16H2,2-3H3,(H,31,32,34). The zero-order chi connectivity index (χ0) is 26.2. The van der Waals surface area contributed by atoms with E-state index in [9.17, 15) is 4.79 Å². The van der Waals surface area contributed by atoms with Crippen LogP contribution < -0.4 is 21.1 Å². The topological polar surface area (TPSA) is 92.4 Å². The van der Waals surface area contributed by atoms with Gasteiger partial charge >= 0.3 is 0 Å². The zero-order valence-corrected chi connectivity index (χ0v) is 22.3. The van der Waals surface area contributed by atoms with Gasteiger partial charge in [0.1, 0.15) is 11.6 Å². The van der Waals surface area contributed by atoms with Gasteiger partial charge < -0.3 is 15.5 Å². The van der Waals surface area contributed by atoms with E-state index in [1.165, 1.54) is 22.5 Å². The fourth-order valence-corrected chi connectivity index (χ4v) is 6.09. The molecule has 3 aromatic rings. The van der Waals surface area contributed by atoms with E-state index >= 15 is 0 Å². The molecule has 2 aromatic heterocycles. The summed E-state index contributed by atoms with van der Waals surface area (Å²) >= 11 is 0. The Morgan fingerprint density at radius 3 is 2.87 bits per heavy atom. The summed E-state index contributed by atoms with van der Waals surface area (Å²) < 4.78 is 3.66. The molecule has 0 radical (unpaired) electrons. The van der Waals surface area contributed by atoms with E-state index in [2.05, 4.69) is 65.2 Å². The molecule has 0 bridgehead atoms. The van der Waals surface area contributed by atoms with Crippen molar-refractivity contribution in [2.45, 2.75) is 52.2 Å². The van der Waals surface area contributed by atoms with E-state index in [1.54, 1.807) is 17.0 Å². The van der Waals surface area contributed by atoms with Crippen LogP contribution in [0.1, 0.15) is 44.3 Å². The lowest BCUT2D eigenvalue weighted by Gasteiger charge is -2.30. The minimum atomic E-state index is -0.214. The summed E-state index contributed by atoms with van der Waals surface area (Å²) in [6, 6.07) is 6.36. The normalized spacial score (nSPS) is 21.3. The minimum Gasteiger partial charge on any atom is -0.369 e. The number of anilines is 3. The van der Waals surface area contributed by atoms with Gasteiger partial charge in [-0.3, -0.25) is 9.79 Å². The molecular formula is C29H36N8O. The number of fused-ring (bicyclic) bond motifs is 2. The Balaban J connectivity index is 1.35. The van der Waals surface area contributed by atoms with Crippen molar-refractivity contribution in [1.82, 2.24) is 24.6 Å². The number of piperazine rings is 1. The number of nitrogens with zero attached hydrogens (tertiary/aromatic N) is 6. The predicted molar refractivity (Wildman–Crippen MR) is 154 cm³/mol. The molecule has 38 heavy (non-hydrogen) atoms. The van der Waals surface area contributed by atoms with Crippen LogP contribution in [-0.4, -0.2) is 51.2 Å². The molecule has 6 rings (SSSR count).